The number of rotatable bonds is 4. The molecule has 0 atom stereocenters. The highest BCUT2D eigenvalue weighted by Crippen LogP contribution is 2.19. The number of nitrogens with zero attached hydrogens (tertiary/aromatic N) is 1. The number of thiophene rings is 1. The van der Waals surface area contributed by atoms with E-state index in [1.807, 2.05) is 40.6 Å². The molecule has 4 nitrogen and oxygen atoms in total. The molecule has 1 aromatic heterocycles. The minimum Gasteiger partial charge on any atom is -0.337 e. The summed E-state index contributed by atoms with van der Waals surface area (Å²) in [5.41, 5.74) is 0.880. The van der Waals surface area contributed by atoms with Crippen molar-refractivity contribution in [1.29, 1.82) is 0 Å². The van der Waals surface area contributed by atoms with Gasteiger partial charge in [-0.25, -0.2) is 0 Å². The fraction of sp³-hybridized carbons (Fsp3) is 0.300. The Kier molecular flexibility index (Phi) is 5.66. The fourth-order valence-electron chi connectivity index (χ4n) is 2.83. The monoisotopic (exact) mass is 354 g/mol. The van der Waals surface area contributed by atoms with Crippen LogP contribution in [0.25, 0.3) is 6.08 Å². The molecule has 0 aliphatic carbocycles. The topological polar surface area (TPSA) is 49.4 Å². The number of piperidine rings is 1. The molecule has 1 aromatic carbocycles. The molecule has 0 bridgehead atoms. The molecule has 2 amide bonds. The number of hydrogen-bond acceptors (Lipinski definition) is 3. The third-order valence-electron chi connectivity index (χ3n) is 4.42. The van der Waals surface area contributed by atoms with Crippen molar-refractivity contribution in [3.05, 3.63) is 64.0 Å². The lowest BCUT2D eigenvalue weighted by atomic mass is 9.99. The van der Waals surface area contributed by atoms with Gasteiger partial charge in [0.1, 0.15) is 5.70 Å². The number of hydrogen-bond donors (Lipinski definition) is 1. The van der Waals surface area contributed by atoms with Gasteiger partial charge in [0.05, 0.1) is 0 Å². The van der Waals surface area contributed by atoms with Gasteiger partial charge in [-0.1, -0.05) is 31.2 Å². The first-order valence-corrected chi connectivity index (χ1v) is 9.42. The molecular weight excluding hydrogens is 332 g/mol. The van der Waals surface area contributed by atoms with Crippen LogP contribution in [0, 0.1) is 5.92 Å². The maximum absolute atomic E-state index is 12.9. The van der Waals surface area contributed by atoms with Crippen molar-refractivity contribution in [1.82, 2.24) is 10.2 Å². The molecule has 1 fully saturated rings. The zero-order valence-electron chi connectivity index (χ0n) is 14.3. The van der Waals surface area contributed by atoms with Gasteiger partial charge < -0.3 is 10.2 Å². The van der Waals surface area contributed by atoms with E-state index in [-0.39, 0.29) is 11.8 Å². The minimum absolute atomic E-state index is 0.107. The smallest absolute Gasteiger partial charge is 0.270 e. The summed E-state index contributed by atoms with van der Waals surface area (Å²) in [5.74, 6) is 0.277. The average molecular weight is 354 g/mol. The molecule has 5 heteroatoms. The van der Waals surface area contributed by atoms with Gasteiger partial charge in [-0.2, -0.15) is 0 Å². The molecular formula is C20H22N2O2S. The van der Waals surface area contributed by atoms with Crippen molar-refractivity contribution >= 4 is 29.2 Å². The third-order valence-corrected chi connectivity index (χ3v) is 5.23. The van der Waals surface area contributed by atoms with E-state index in [1.165, 1.54) is 0 Å². The van der Waals surface area contributed by atoms with Crippen molar-refractivity contribution in [2.75, 3.05) is 13.1 Å². The number of carbonyl (C=O) groups is 2. The molecule has 3 rings (SSSR count). The van der Waals surface area contributed by atoms with E-state index in [4.69, 9.17) is 0 Å². The standard InChI is InChI=1S/C20H22N2O2S/c1-15-9-11-22(12-10-15)20(24)18(14-17-8-5-13-25-17)21-19(23)16-6-3-2-4-7-16/h2-8,13-15H,9-12H2,1H3,(H,21,23)/b18-14+. The van der Waals surface area contributed by atoms with Crippen LogP contribution in [0.2, 0.25) is 0 Å². The van der Waals surface area contributed by atoms with Crippen LogP contribution in [0.3, 0.4) is 0 Å². The summed E-state index contributed by atoms with van der Waals surface area (Å²) in [6.45, 7) is 3.69. The van der Waals surface area contributed by atoms with Crippen LogP contribution >= 0.6 is 11.3 Å². The van der Waals surface area contributed by atoms with Gasteiger partial charge in [0, 0.05) is 23.5 Å². The first-order chi connectivity index (χ1) is 12.1. The Morgan fingerprint density at radius 2 is 1.84 bits per heavy atom. The molecule has 0 unspecified atom stereocenters. The maximum atomic E-state index is 12.9. The van der Waals surface area contributed by atoms with Crippen molar-refractivity contribution in [3.63, 3.8) is 0 Å². The Morgan fingerprint density at radius 1 is 1.12 bits per heavy atom. The van der Waals surface area contributed by atoms with Crippen molar-refractivity contribution in [2.24, 2.45) is 5.92 Å². The van der Waals surface area contributed by atoms with E-state index in [2.05, 4.69) is 12.2 Å². The summed E-state index contributed by atoms with van der Waals surface area (Å²) in [7, 11) is 0. The van der Waals surface area contributed by atoms with Gasteiger partial charge in [0.25, 0.3) is 11.8 Å². The second kappa shape index (κ2) is 8.12. The van der Waals surface area contributed by atoms with E-state index < -0.39 is 0 Å². The fourth-order valence-corrected chi connectivity index (χ4v) is 3.49. The van der Waals surface area contributed by atoms with Gasteiger partial charge in [0.15, 0.2) is 0 Å². The van der Waals surface area contributed by atoms with E-state index in [1.54, 1.807) is 29.5 Å². The second-order valence-corrected chi connectivity index (χ2v) is 7.35. The first-order valence-electron chi connectivity index (χ1n) is 8.54. The predicted molar refractivity (Wildman–Crippen MR) is 101 cm³/mol. The number of nitrogens with one attached hydrogen (secondary N) is 1. The molecule has 1 aliphatic heterocycles. The van der Waals surface area contributed by atoms with Crippen molar-refractivity contribution in [2.45, 2.75) is 19.8 Å². The molecule has 2 aromatic rings. The quantitative estimate of drug-likeness (QED) is 0.850. The lowest BCUT2D eigenvalue weighted by molar-refractivity contribution is -0.128. The van der Waals surface area contributed by atoms with Crippen molar-refractivity contribution < 1.29 is 9.59 Å². The number of likely N-dealkylation sites (tertiary alicyclic amines) is 1. The zero-order chi connectivity index (χ0) is 17.6. The van der Waals surface area contributed by atoms with Crippen LogP contribution in [0.5, 0.6) is 0 Å². The summed E-state index contributed by atoms with van der Waals surface area (Å²) in [4.78, 5) is 28.2. The number of benzene rings is 1. The first kappa shape index (κ1) is 17.4. The second-order valence-electron chi connectivity index (χ2n) is 6.37. The normalized spacial score (nSPS) is 15.9. The Bertz CT molecular complexity index is 745. The van der Waals surface area contributed by atoms with Gasteiger partial charge in [0.2, 0.25) is 0 Å². The summed E-state index contributed by atoms with van der Waals surface area (Å²) < 4.78 is 0. The number of amides is 2. The van der Waals surface area contributed by atoms with Crippen LogP contribution in [0.15, 0.2) is 53.5 Å². The molecule has 0 radical (unpaired) electrons. The predicted octanol–water partition coefficient (Wildman–Crippen LogP) is 3.78. The Hall–Kier alpha value is -2.40. The van der Waals surface area contributed by atoms with Crippen LogP contribution in [0.1, 0.15) is 35.0 Å². The lowest BCUT2D eigenvalue weighted by Crippen LogP contribution is -2.42. The minimum atomic E-state index is -0.262. The van der Waals surface area contributed by atoms with E-state index >= 15 is 0 Å². The van der Waals surface area contributed by atoms with Crippen molar-refractivity contribution in [3.8, 4) is 0 Å². The highest BCUT2D eigenvalue weighted by molar-refractivity contribution is 7.10. The molecule has 25 heavy (non-hydrogen) atoms. The van der Waals surface area contributed by atoms with Gasteiger partial charge in [-0.3, -0.25) is 9.59 Å². The molecule has 1 saturated heterocycles. The van der Waals surface area contributed by atoms with Crippen LogP contribution in [0.4, 0.5) is 0 Å². The number of carbonyl (C=O) groups excluding carboxylic acids is 2. The maximum Gasteiger partial charge on any atom is 0.270 e. The summed E-state index contributed by atoms with van der Waals surface area (Å²) >= 11 is 1.54. The molecule has 0 spiro atoms. The van der Waals surface area contributed by atoms with Gasteiger partial charge in [-0.15, -0.1) is 11.3 Å². The SMILES string of the molecule is CC1CCN(C(=O)/C(=C\c2cccs2)NC(=O)c2ccccc2)CC1. The van der Waals surface area contributed by atoms with Gasteiger partial charge in [-0.05, 0) is 48.4 Å². The lowest BCUT2D eigenvalue weighted by Gasteiger charge is -2.31. The van der Waals surface area contributed by atoms with E-state index in [0.29, 0.717) is 17.2 Å². The van der Waals surface area contributed by atoms with E-state index in [0.717, 1.165) is 30.8 Å². The van der Waals surface area contributed by atoms with Crippen LogP contribution in [-0.4, -0.2) is 29.8 Å². The molecule has 0 saturated carbocycles. The summed E-state index contributed by atoms with van der Waals surface area (Å²) in [6, 6.07) is 12.8. The van der Waals surface area contributed by atoms with E-state index in [9.17, 15) is 9.59 Å². The molecule has 130 valence electrons. The van der Waals surface area contributed by atoms with Gasteiger partial charge >= 0.3 is 0 Å². The summed E-state index contributed by atoms with van der Waals surface area (Å²) in [5, 5.41) is 4.77. The average Bonchev–Trinajstić information content (AvgIpc) is 3.15. The Morgan fingerprint density at radius 3 is 2.48 bits per heavy atom. The Balaban J connectivity index is 1.80. The van der Waals surface area contributed by atoms with Crippen LogP contribution < -0.4 is 5.32 Å². The largest absolute Gasteiger partial charge is 0.337 e. The van der Waals surface area contributed by atoms with Crippen LogP contribution in [-0.2, 0) is 4.79 Å². The summed E-state index contributed by atoms with van der Waals surface area (Å²) in [6.07, 6.45) is 3.78. The molecule has 2 heterocycles. The highest BCUT2D eigenvalue weighted by atomic mass is 32.1. The molecule has 1 aliphatic rings. The molecule has 1 N–H and O–H groups in total. The highest BCUT2D eigenvalue weighted by Gasteiger charge is 2.24. The Labute approximate surface area is 152 Å². The zero-order valence-corrected chi connectivity index (χ0v) is 15.1. The third kappa shape index (κ3) is 4.57.